The number of carbonyl (C=O) groups excluding carboxylic acids is 1. The van der Waals surface area contributed by atoms with Crippen LogP contribution in [0.15, 0.2) is 29.6 Å². The zero-order valence-corrected chi connectivity index (χ0v) is 16.5. The van der Waals surface area contributed by atoms with Crippen molar-refractivity contribution >= 4 is 33.7 Å². The Bertz CT molecular complexity index is 871. The number of thiazole rings is 1. The van der Waals surface area contributed by atoms with Gasteiger partial charge in [-0.25, -0.2) is 4.98 Å². The number of nitrogens with zero attached hydrogens (tertiary/aromatic N) is 3. The Kier molecular flexibility index (Phi) is 5.95. The summed E-state index contributed by atoms with van der Waals surface area (Å²) < 4.78 is 5.45. The topological polar surface area (TPSA) is 77.0 Å². The second kappa shape index (κ2) is 8.37. The van der Waals surface area contributed by atoms with Gasteiger partial charge in [0.05, 0.1) is 18.7 Å². The summed E-state index contributed by atoms with van der Waals surface area (Å²) >= 11 is 2.92. The average molecular weight is 389 g/mol. The third-order valence-corrected chi connectivity index (χ3v) is 5.57. The molecule has 1 aromatic carbocycles. The number of hydrogen-bond donors (Lipinski definition) is 1. The van der Waals surface area contributed by atoms with Crippen LogP contribution in [0.1, 0.15) is 37.4 Å². The number of nitrogens with one attached hydrogen (secondary N) is 1. The number of benzene rings is 1. The summed E-state index contributed by atoms with van der Waals surface area (Å²) in [6.45, 7) is 6.69. The lowest BCUT2D eigenvalue weighted by atomic mass is 10.2. The summed E-state index contributed by atoms with van der Waals surface area (Å²) in [4.78, 5) is 16.8. The lowest BCUT2D eigenvalue weighted by Crippen LogP contribution is -2.14. The highest BCUT2D eigenvalue weighted by Crippen LogP contribution is 2.26. The zero-order valence-electron chi connectivity index (χ0n) is 14.9. The summed E-state index contributed by atoms with van der Waals surface area (Å²) in [6.07, 6.45) is 0.212. The van der Waals surface area contributed by atoms with Crippen molar-refractivity contribution in [2.45, 2.75) is 33.1 Å². The zero-order chi connectivity index (χ0) is 18.5. The highest BCUT2D eigenvalue weighted by Gasteiger charge is 2.13. The van der Waals surface area contributed by atoms with Crippen molar-refractivity contribution < 1.29 is 9.53 Å². The Morgan fingerprint density at radius 1 is 1.23 bits per heavy atom. The molecule has 0 unspecified atom stereocenters. The molecule has 0 atom stereocenters. The molecular weight excluding hydrogens is 368 g/mol. The number of rotatable bonds is 7. The molecule has 0 aliphatic rings. The van der Waals surface area contributed by atoms with Crippen LogP contribution in [0.4, 0.5) is 5.13 Å². The SMILES string of the molecule is CCOc1ccc(-c2nc(CC(=O)Nc3nnc(C(C)C)s3)cs2)cc1. The van der Waals surface area contributed by atoms with Gasteiger partial charge < -0.3 is 10.1 Å². The second-order valence-corrected chi connectivity index (χ2v) is 7.79. The van der Waals surface area contributed by atoms with E-state index in [1.54, 1.807) is 0 Å². The van der Waals surface area contributed by atoms with Crippen LogP contribution in [-0.2, 0) is 11.2 Å². The van der Waals surface area contributed by atoms with Gasteiger partial charge in [0, 0.05) is 16.9 Å². The highest BCUT2D eigenvalue weighted by molar-refractivity contribution is 7.15. The Hall–Kier alpha value is -2.32. The predicted molar refractivity (Wildman–Crippen MR) is 105 cm³/mol. The molecule has 2 aromatic heterocycles. The van der Waals surface area contributed by atoms with E-state index in [-0.39, 0.29) is 12.3 Å². The van der Waals surface area contributed by atoms with Crippen LogP contribution in [0.5, 0.6) is 5.75 Å². The van der Waals surface area contributed by atoms with Crippen LogP contribution in [0.2, 0.25) is 0 Å². The molecule has 0 aliphatic heterocycles. The van der Waals surface area contributed by atoms with E-state index in [1.165, 1.54) is 22.7 Å². The fourth-order valence-electron chi connectivity index (χ4n) is 2.23. The standard InChI is InChI=1S/C18H20N4O2S2/c1-4-24-14-7-5-12(6-8-14)17-19-13(10-25-17)9-15(23)20-18-22-21-16(26-18)11(2)3/h5-8,10-11H,4,9H2,1-3H3,(H,20,22,23). The molecule has 8 heteroatoms. The van der Waals surface area contributed by atoms with Crippen molar-refractivity contribution in [3.63, 3.8) is 0 Å². The van der Waals surface area contributed by atoms with Gasteiger partial charge >= 0.3 is 0 Å². The molecule has 1 N–H and O–H groups in total. The highest BCUT2D eigenvalue weighted by atomic mass is 32.1. The summed E-state index contributed by atoms with van der Waals surface area (Å²) in [5.41, 5.74) is 1.75. The Morgan fingerprint density at radius 2 is 2.00 bits per heavy atom. The minimum absolute atomic E-state index is 0.139. The van der Waals surface area contributed by atoms with E-state index >= 15 is 0 Å². The van der Waals surface area contributed by atoms with E-state index in [4.69, 9.17) is 4.74 Å². The van der Waals surface area contributed by atoms with Crippen LogP contribution >= 0.6 is 22.7 Å². The van der Waals surface area contributed by atoms with Gasteiger partial charge in [0.2, 0.25) is 11.0 Å². The van der Waals surface area contributed by atoms with Gasteiger partial charge in [-0.15, -0.1) is 21.5 Å². The van der Waals surface area contributed by atoms with Gasteiger partial charge in [-0.3, -0.25) is 4.79 Å². The first kappa shape index (κ1) is 18.5. The number of aromatic nitrogens is 3. The minimum Gasteiger partial charge on any atom is -0.494 e. The monoisotopic (exact) mass is 388 g/mol. The molecule has 0 saturated carbocycles. The van der Waals surface area contributed by atoms with Crippen molar-refractivity contribution in [2.75, 3.05) is 11.9 Å². The summed E-state index contributed by atoms with van der Waals surface area (Å²) in [5.74, 6) is 0.999. The van der Waals surface area contributed by atoms with E-state index in [9.17, 15) is 4.79 Å². The van der Waals surface area contributed by atoms with Crippen LogP contribution in [0.25, 0.3) is 10.6 Å². The first-order valence-corrected chi connectivity index (χ1v) is 10.1. The van der Waals surface area contributed by atoms with Gasteiger partial charge in [-0.2, -0.15) is 0 Å². The van der Waals surface area contributed by atoms with Crippen LogP contribution in [-0.4, -0.2) is 27.7 Å². The third-order valence-electron chi connectivity index (χ3n) is 3.49. The van der Waals surface area contributed by atoms with E-state index < -0.39 is 0 Å². The maximum absolute atomic E-state index is 12.2. The molecule has 3 rings (SSSR count). The van der Waals surface area contributed by atoms with Gasteiger partial charge in [-0.1, -0.05) is 25.2 Å². The van der Waals surface area contributed by atoms with E-state index in [2.05, 4.69) is 20.5 Å². The normalized spacial score (nSPS) is 10.9. The third kappa shape index (κ3) is 4.64. The molecule has 3 aromatic rings. The largest absolute Gasteiger partial charge is 0.494 e. The van der Waals surface area contributed by atoms with Crippen molar-refractivity contribution in [1.82, 2.24) is 15.2 Å². The number of hydrogen-bond acceptors (Lipinski definition) is 7. The fourth-order valence-corrected chi connectivity index (χ4v) is 3.82. The van der Waals surface area contributed by atoms with E-state index in [1.807, 2.05) is 50.4 Å². The Morgan fingerprint density at radius 3 is 2.65 bits per heavy atom. The average Bonchev–Trinajstić information content (AvgIpc) is 3.25. The van der Waals surface area contributed by atoms with Crippen molar-refractivity contribution in [3.8, 4) is 16.3 Å². The number of anilines is 1. The van der Waals surface area contributed by atoms with Gasteiger partial charge in [0.1, 0.15) is 15.8 Å². The molecule has 6 nitrogen and oxygen atoms in total. The molecule has 0 radical (unpaired) electrons. The summed E-state index contributed by atoms with van der Waals surface area (Å²) in [7, 11) is 0. The predicted octanol–water partition coefficient (Wildman–Crippen LogP) is 4.36. The maximum atomic E-state index is 12.2. The molecule has 136 valence electrons. The molecule has 0 saturated heterocycles. The first-order chi connectivity index (χ1) is 12.5. The first-order valence-electron chi connectivity index (χ1n) is 8.36. The van der Waals surface area contributed by atoms with Gasteiger partial charge in [0.15, 0.2) is 0 Å². The molecule has 2 heterocycles. The maximum Gasteiger partial charge on any atom is 0.232 e. The number of amides is 1. The molecule has 1 amide bonds. The van der Waals surface area contributed by atoms with Gasteiger partial charge in [0.25, 0.3) is 0 Å². The van der Waals surface area contributed by atoms with Crippen molar-refractivity contribution in [1.29, 1.82) is 0 Å². The van der Waals surface area contributed by atoms with Crippen LogP contribution in [0, 0.1) is 0 Å². The smallest absolute Gasteiger partial charge is 0.232 e. The molecule has 0 bridgehead atoms. The van der Waals surface area contributed by atoms with Gasteiger partial charge in [-0.05, 0) is 31.2 Å². The number of ether oxygens (including phenoxy) is 1. The van der Waals surface area contributed by atoms with Crippen LogP contribution in [0.3, 0.4) is 0 Å². The summed E-state index contributed by atoms with van der Waals surface area (Å²) in [5, 5.41) is 15.1. The summed E-state index contributed by atoms with van der Waals surface area (Å²) in [6, 6.07) is 7.80. The second-order valence-electron chi connectivity index (χ2n) is 5.93. The van der Waals surface area contributed by atoms with E-state index in [0.717, 1.165) is 27.0 Å². The lowest BCUT2D eigenvalue weighted by molar-refractivity contribution is -0.115. The molecule has 0 fully saturated rings. The number of carbonyl (C=O) groups is 1. The van der Waals surface area contributed by atoms with Crippen molar-refractivity contribution in [2.24, 2.45) is 0 Å². The Labute approximate surface area is 160 Å². The van der Waals surface area contributed by atoms with Crippen molar-refractivity contribution in [3.05, 3.63) is 40.3 Å². The molecule has 0 aliphatic carbocycles. The fraction of sp³-hybridized carbons (Fsp3) is 0.333. The molecular formula is C18H20N4O2S2. The molecule has 26 heavy (non-hydrogen) atoms. The van der Waals surface area contributed by atoms with E-state index in [0.29, 0.717) is 17.7 Å². The quantitative estimate of drug-likeness (QED) is 0.650. The molecule has 0 spiro atoms. The van der Waals surface area contributed by atoms with Crippen LogP contribution < -0.4 is 10.1 Å². The Balaban J connectivity index is 1.61. The minimum atomic E-state index is -0.139. The lowest BCUT2D eigenvalue weighted by Gasteiger charge is -2.03.